The van der Waals surface area contributed by atoms with Crippen LogP contribution in [0.25, 0.3) is 0 Å². The maximum atomic E-state index is 6.39. The SMILES string of the molecule is CCC=CC1(COCC2(C=CCC)OC=CC2Cl)OC=CC1Cl. The highest BCUT2D eigenvalue weighted by Crippen LogP contribution is 2.34. The molecule has 2 aliphatic heterocycles. The Morgan fingerprint density at radius 2 is 1.35 bits per heavy atom. The zero-order valence-corrected chi connectivity index (χ0v) is 15.1. The summed E-state index contributed by atoms with van der Waals surface area (Å²) in [6, 6.07) is 0. The van der Waals surface area contributed by atoms with Crippen molar-refractivity contribution in [1.82, 2.24) is 0 Å². The van der Waals surface area contributed by atoms with Crippen LogP contribution in [0.5, 0.6) is 0 Å². The molecule has 2 rings (SSSR count). The zero-order chi connectivity index (χ0) is 16.8. The lowest BCUT2D eigenvalue weighted by Crippen LogP contribution is -2.44. The van der Waals surface area contributed by atoms with Crippen molar-refractivity contribution < 1.29 is 14.2 Å². The fourth-order valence-corrected chi connectivity index (χ4v) is 3.01. The molecule has 3 nitrogen and oxygen atoms in total. The summed E-state index contributed by atoms with van der Waals surface area (Å²) in [6.45, 7) is 4.80. The number of rotatable bonds is 8. The van der Waals surface area contributed by atoms with Gasteiger partial charge in [-0.25, -0.2) is 0 Å². The molecule has 0 bridgehead atoms. The molecule has 4 unspecified atom stereocenters. The quantitative estimate of drug-likeness (QED) is 0.464. The highest BCUT2D eigenvalue weighted by atomic mass is 35.5. The molecular formula is C18H24Cl2O3. The molecule has 0 aromatic carbocycles. The van der Waals surface area contributed by atoms with Crippen LogP contribution in [0.3, 0.4) is 0 Å². The maximum absolute atomic E-state index is 6.39. The Hall–Kier alpha value is -0.900. The summed E-state index contributed by atoms with van der Waals surface area (Å²) in [5.74, 6) is 0. The van der Waals surface area contributed by atoms with Crippen molar-refractivity contribution in [2.45, 2.75) is 48.6 Å². The average molecular weight is 359 g/mol. The van der Waals surface area contributed by atoms with E-state index in [1.54, 1.807) is 12.5 Å². The molecule has 0 spiro atoms. The van der Waals surface area contributed by atoms with Crippen molar-refractivity contribution in [2.24, 2.45) is 0 Å². The lowest BCUT2D eigenvalue weighted by molar-refractivity contribution is -0.0559. The molecule has 0 N–H and O–H groups in total. The van der Waals surface area contributed by atoms with E-state index in [0.29, 0.717) is 13.2 Å². The standard InChI is InChI=1S/C18H24Cl2O3/c1-3-5-9-17(15(19)7-11-22-17)13-21-14-18(10-6-4-2)16(20)8-12-23-18/h5-12,15-16H,3-4,13-14H2,1-2H3. The van der Waals surface area contributed by atoms with E-state index in [2.05, 4.69) is 13.8 Å². The van der Waals surface area contributed by atoms with Gasteiger partial charge in [0.05, 0.1) is 25.7 Å². The van der Waals surface area contributed by atoms with E-state index < -0.39 is 11.2 Å². The van der Waals surface area contributed by atoms with Gasteiger partial charge in [-0.05, 0) is 37.1 Å². The topological polar surface area (TPSA) is 27.7 Å². The molecule has 0 saturated carbocycles. The van der Waals surface area contributed by atoms with Crippen molar-refractivity contribution in [3.05, 3.63) is 49.0 Å². The van der Waals surface area contributed by atoms with E-state index in [4.69, 9.17) is 37.4 Å². The molecule has 0 radical (unpaired) electrons. The summed E-state index contributed by atoms with van der Waals surface area (Å²) in [6.07, 6.45) is 16.8. The second-order valence-corrected chi connectivity index (χ2v) is 6.66. The Balaban J connectivity index is 2.01. The molecule has 0 fully saturated rings. The first kappa shape index (κ1) is 18.4. The van der Waals surface area contributed by atoms with E-state index in [0.717, 1.165) is 12.8 Å². The van der Waals surface area contributed by atoms with Gasteiger partial charge in [0, 0.05) is 0 Å². The van der Waals surface area contributed by atoms with Gasteiger partial charge >= 0.3 is 0 Å². The average Bonchev–Trinajstić information content (AvgIpc) is 3.08. The van der Waals surface area contributed by atoms with Crippen molar-refractivity contribution in [1.29, 1.82) is 0 Å². The molecule has 0 aliphatic carbocycles. The van der Waals surface area contributed by atoms with Gasteiger partial charge in [0.15, 0.2) is 11.2 Å². The van der Waals surface area contributed by atoms with Crippen LogP contribution < -0.4 is 0 Å². The van der Waals surface area contributed by atoms with Gasteiger partial charge in [-0.3, -0.25) is 0 Å². The van der Waals surface area contributed by atoms with E-state index in [-0.39, 0.29) is 10.8 Å². The Morgan fingerprint density at radius 1 is 0.913 bits per heavy atom. The molecule has 2 aliphatic rings. The minimum atomic E-state index is -0.666. The third-order valence-corrected chi connectivity index (χ3v) is 4.96. The van der Waals surface area contributed by atoms with Crippen LogP contribution in [0.4, 0.5) is 0 Å². The molecule has 23 heavy (non-hydrogen) atoms. The summed E-state index contributed by atoms with van der Waals surface area (Å²) in [5.41, 5.74) is -1.33. The smallest absolute Gasteiger partial charge is 0.169 e. The predicted molar refractivity (Wildman–Crippen MR) is 94.9 cm³/mol. The summed E-state index contributed by atoms with van der Waals surface area (Å²) >= 11 is 12.8. The molecule has 4 atom stereocenters. The Bertz CT molecular complexity index is 456. The first-order chi connectivity index (χ1) is 11.1. The number of ether oxygens (including phenoxy) is 3. The van der Waals surface area contributed by atoms with Crippen LogP contribution in [0, 0.1) is 0 Å². The second kappa shape index (κ2) is 8.27. The number of alkyl halides is 2. The maximum Gasteiger partial charge on any atom is 0.169 e. The molecule has 0 saturated heterocycles. The molecule has 0 aromatic heterocycles. The van der Waals surface area contributed by atoms with Crippen LogP contribution in [-0.2, 0) is 14.2 Å². The second-order valence-electron chi connectivity index (χ2n) is 5.72. The van der Waals surface area contributed by atoms with Crippen LogP contribution in [-0.4, -0.2) is 35.2 Å². The lowest BCUT2D eigenvalue weighted by Gasteiger charge is -2.32. The van der Waals surface area contributed by atoms with Gasteiger partial charge < -0.3 is 14.2 Å². The van der Waals surface area contributed by atoms with Crippen LogP contribution in [0.1, 0.15) is 26.7 Å². The Labute approximate surface area is 148 Å². The number of halogens is 2. The molecule has 0 aromatic rings. The minimum absolute atomic E-state index is 0.262. The molecule has 128 valence electrons. The number of hydrogen-bond acceptors (Lipinski definition) is 3. The molecular weight excluding hydrogens is 335 g/mol. The Kier molecular flexibility index (Phi) is 6.63. The number of allylic oxidation sites excluding steroid dienone is 2. The largest absolute Gasteiger partial charge is 0.487 e. The van der Waals surface area contributed by atoms with Gasteiger partial charge in [-0.2, -0.15) is 0 Å². The monoisotopic (exact) mass is 358 g/mol. The van der Waals surface area contributed by atoms with E-state index in [1.165, 1.54) is 0 Å². The summed E-state index contributed by atoms with van der Waals surface area (Å²) < 4.78 is 17.4. The lowest BCUT2D eigenvalue weighted by atomic mass is 9.98. The highest BCUT2D eigenvalue weighted by molar-refractivity contribution is 6.23. The summed E-state index contributed by atoms with van der Waals surface area (Å²) in [4.78, 5) is 0. The fourth-order valence-electron chi connectivity index (χ4n) is 2.52. The normalized spacial score (nSPS) is 36.2. The van der Waals surface area contributed by atoms with Gasteiger partial charge in [0.1, 0.15) is 10.8 Å². The van der Waals surface area contributed by atoms with Gasteiger partial charge in [0.25, 0.3) is 0 Å². The Morgan fingerprint density at radius 3 is 1.65 bits per heavy atom. The first-order valence-electron chi connectivity index (χ1n) is 7.99. The highest BCUT2D eigenvalue weighted by Gasteiger charge is 2.43. The first-order valence-corrected chi connectivity index (χ1v) is 8.86. The van der Waals surface area contributed by atoms with Crippen molar-refractivity contribution in [3.63, 3.8) is 0 Å². The molecule has 2 heterocycles. The van der Waals surface area contributed by atoms with Gasteiger partial charge in [-0.1, -0.05) is 26.0 Å². The van der Waals surface area contributed by atoms with Crippen LogP contribution in [0.2, 0.25) is 0 Å². The number of hydrogen-bond donors (Lipinski definition) is 0. The van der Waals surface area contributed by atoms with E-state index in [9.17, 15) is 0 Å². The van der Waals surface area contributed by atoms with E-state index in [1.807, 2.05) is 36.5 Å². The summed E-state index contributed by atoms with van der Waals surface area (Å²) in [5, 5.41) is -0.524. The van der Waals surface area contributed by atoms with E-state index >= 15 is 0 Å². The van der Waals surface area contributed by atoms with Crippen molar-refractivity contribution in [2.75, 3.05) is 13.2 Å². The van der Waals surface area contributed by atoms with Crippen LogP contribution in [0.15, 0.2) is 49.0 Å². The predicted octanol–water partition coefficient (Wildman–Crippen LogP) is 4.72. The van der Waals surface area contributed by atoms with Gasteiger partial charge in [0.2, 0.25) is 0 Å². The van der Waals surface area contributed by atoms with Crippen molar-refractivity contribution in [3.8, 4) is 0 Å². The summed E-state index contributed by atoms with van der Waals surface area (Å²) in [7, 11) is 0. The molecule has 5 heteroatoms. The minimum Gasteiger partial charge on any atom is -0.487 e. The van der Waals surface area contributed by atoms with Crippen LogP contribution >= 0.6 is 23.2 Å². The van der Waals surface area contributed by atoms with Crippen molar-refractivity contribution >= 4 is 23.2 Å². The molecule has 0 amide bonds. The fraction of sp³-hybridized carbons (Fsp3) is 0.556. The zero-order valence-electron chi connectivity index (χ0n) is 13.6. The third kappa shape index (κ3) is 4.14. The van der Waals surface area contributed by atoms with Gasteiger partial charge in [-0.15, -0.1) is 23.2 Å². The third-order valence-electron chi connectivity index (χ3n) is 3.93.